The van der Waals surface area contributed by atoms with E-state index in [0.717, 1.165) is 46.2 Å². The van der Waals surface area contributed by atoms with Gasteiger partial charge in [0.2, 0.25) is 0 Å². The van der Waals surface area contributed by atoms with E-state index in [9.17, 15) is 20.4 Å². The molecule has 4 heteroatoms. The predicted molar refractivity (Wildman–Crippen MR) is 167 cm³/mol. The van der Waals surface area contributed by atoms with Gasteiger partial charge >= 0.3 is 0 Å². The number of phenols is 4. The van der Waals surface area contributed by atoms with Gasteiger partial charge in [-0.3, -0.25) is 0 Å². The maximum absolute atomic E-state index is 9.84. The largest absolute Gasteiger partial charge is 0.508 e. The van der Waals surface area contributed by atoms with E-state index in [2.05, 4.69) is 38.1 Å². The Morgan fingerprint density at radius 3 is 1.17 bits per heavy atom. The fourth-order valence-electron chi connectivity index (χ4n) is 6.06. The summed E-state index contributed by atoms with van der Waals surface area (Å²) >= 11 is 0. The van der Waals surface area contributed by atoms with Crippen LogP contribution in [0.25, 0.3) is 0 Å². The predicted octanol–water partition coefficient (Wildman–Crippen LogP) is 9.01. The third kappa shape index (κ3) is 6.22. The lowest BCUT2D eigenvalue weighted by Crippen LogP contribution is -2.30. The van der Waals surface area contributed by atoms with Gasteiger partial charge in [-0.2, -0.15) is 0 Å². The van der Waals surface area contributed by atoms with Gasteiger partial charge in [-0.15, -0.1) is 0 Å². The minimum atomic E-state index is -0.170. The quantitative estimate of drug-likeness (QED) is 0.204. The molecule has 4 N–H and O–H groups in total. The summed E-state index contributed by atoms with van der Waals surface area (Å²) in [6.45, 7) is 12.0. The van der Waals surface area contributed by atoms with E-state index in [1.807, 2.05) is 64.1 Å². The molecular formula is C37H44O4. The molecule has 0 spiro atoms. The maximum atomic E-state index is 9.84. The molecule has 4 nitrogen and oxygen atoms in total. The molecule has 0 radical (unpaired) electrons. The fourth-order valence-corrected chi connectivity index (χ4v) is 6.06. The van der Waals surface area contributed by atoms with E-state index in [1.165, 1.54) is 30.4 Å². The van der Waals surface area contributed by atoms with Crippen molar-refractivity contribution in [2.75, 3.05) is 0 Å². The van der Waals surface area contributed by atoms with Gasteiger partial charge in [-0.25, -0.2) is 0 Å². The van der Waals surface area contributed by atoms with Gasteiger partial charge in [0.05, 0.1) is 0 Å². The number of hydrogen-bond donors (Lipinski definition) is 4. The summed E-state index contributed by atoms with van der Waals surface area (Å²) < 4.78 is 0. The Morgan fingerprint density at radius 2 is 0.829 bits per heavy atom. The molecular weight excluding hydrogens is 508 g/mol. The normalized spacial score (nSPS) is 14.7. The van der Waals surface area contributed by atoms with Crippen molar-refractivity contribution in [3.05, 3.63) is 117 Å². The topological polar surface area (TPSA) is 80.9 Å². The number of benzene rings is 4. The first-order valence-corrected chi connectivity index (χ1v) is 14.6. The molecule has 216 valence electrons. The lowest BCUT2D eigenvalue weighted by molar-refractivity contribution is 0.344. The molecule has 4 aromatic carbocycles. The Morgan fingerprint density at radius 1 is 0.488 bits per heavy atom. The van der Waals surface area contributed by atoms with Gasteiger partial charge in [-0.05, 0) is 109 Å². The molecule has 1 saturated carbocycles. The molecule has 1 aliphatic rings. The zero-order valence-electron chi connectivity index (χ0n) is 25.3. The summed E-state index contributed by atoms with van der Waals surface area (Å²) in [5, 5.41) is 38.9. The summed E-state index contributed by atoms with van der Waals surface area (Å²) in [7, 11) is 0. The van der Waals surface area contributed by atoms with Crippen LogP contribution in [0.2, 0.25) is 0 Å². The molecule has 0 heterocycles. The van der Waals surface area contributed by atoms with Crippen molar-refractivity contribution in [1.29, 1.82) is 0 Å². The molecule has 1 fully saturated rings. The second-order valence-electron chi connectivity index (χ2n) is 12.3. The third-order valence-electron chi connectivity index (χ3n) is 9.04. The zero-order valence-corrected chi connectivity index (χ0v) is 25.3. The molecule has 41 heavy (non-hydrogen) atoms. The average Bonchev–Trinajstić information content (AvgIpc) is 2.95. The summed E-state index contributed by atoms with van der Waals surface area (Å²) in [4.78, 5) is 0. The van der Waals surface area contributed by atoms with Crippen LogP contribution in [-0.4, -0.2) is 20.4 Å². The van der Waals surface area contributed by atoms with Gasteiger partial charge in [0, 0.05) is 10.8 Å². The molecule has 0 atom stereocenters. The van der Waals surface area contributed by atoms with E-state index in [-0.39, 0.29) is 10.8 Å². The van der Waals surface area contributed by atoms with Crippen molar-refractivity contribution in [1.82, 2.24) is 0 Å². The second kappa shape index (κ2) is 11.9. The molecule has 0 bridgehead atoms. The second-order valence-corrected chi connectivity index (χ2v) is 12.3. The van der Waals surface area contributed by atoms with E-state index in [0.29, 0.717) is 23.0 Å². The standard InChI is InChI=1S/C20H24O2.C17H20O2/c1-14-12-16(6-8-18(14)21)20(10-4-3-5-11-20)17-7-9-19(22)15(2)13-17;1-11-9-13(5-7-15(11)18)17(3,4)14-6-8-16(19)12(2)10-14/h6-9,12-13,21-22H,3-5,10-11H2,1-2H3;5-10,18-19H,1-4H3. The Labute approximate surface area is 245 Å². The van der Waals surface area contributed by atoms with E-state index < -0.39 is 0 Å². The summed E-state index contributed by atoms with van der Waals surface area (Å²) in [5.74, 6) is 1.36. The Balaban J connectivity index is 0.000000191. The van der Waals surface area contributed by atoms with Crippen LogP contribution < -0.4 is 0 Å². The molecule has 0 unspecified atom stereocenters. The Hall–Kier alpha value is -3.92. The highest BCUT2D eigenvalue weighted by Crippen LogP contribution is 2.46. The number of aromatic hydroxyl groups is 4. The molecule has 1 aliphatic carbocycles. The monoisotopic (exact) mass is 552 g/mol. The number of rotatable bonds is 4. The average molecular weight is 553 g/mol. The van der Waals surface area contributed by atoms with Crippen molar-refractivity contribution >= 4 is 0 Å². The highest BCUT2D eigenvalue weighted by atomic mass is 16.3. The number of aryl methyl sites for hydroxylation is 4. The van der Waals surface area contributed by atoms with Crippen molar-refractivity contribution < 1.29 is 20.4 Å². The van der Waals surface area contributed by atoms with Crippen molar-refractivity contribution in [3.63, 3.8) is 0 Å². The Bertz CT molecular complexity index is 1420. The van der Waals surface area contributed by atoms with E-state index in [4.69, 9.17) is 0 Å². The molecule has 0 aliphatic heterocycles. The van der Waals surface area contributed by atoms with E-state index in [1.54, 1.807) is 12.1 Å². The number of hydrogen-bond acceptors (Lipinski definition) is 4. The summed E-state index contributed by atoms with van der Waals surface area (Å²) in [5.41, 5.74) is 8.31. The summed E-state index contributed by atoms with van der Waals surface area (Å²) in [6.07, 6.45) is 5.98. The molecule has 0 aromatic heterocycles. The van der Waals surface area contributed by atoms with E-state index >= 15 is 0 Å². The lowest BCUT2D eigenvalue weighted by atomic mass is 9.65. The minimum Gasteiger partial charge on any atom is -0.508 e. The van der Waals surface area contributed by atoms with Crippen LogP contribution >= 0.6 is 0 Å². The maximum Gasteiger partial charge on any atom is 0.118 e. The van der Waals surface area contributed by atoms with Gasteiger partial charge < -0.3 is 20.4 Å². The van der Waals surface area contributed by atoms with Crippen molar-refractivity contribution in [2.45, 2.75) is 84.5 Å². The van der Waals surface area contributed by atoms with Gasteiger partial charge in [-0.1, -0.05) is 81.6 Å². The van der Waals surface area contributed by atoms with Crippen LogP contribution in [0.5, 0.6) is 23.0 Å². The third-order valence-corrected chi connectivity index (χ3v) is 9.04. The first-order chi connectivity index (χ1) is 19.3. The molecule has 4 aromatic rings. The minimum absolute atomic E-state index is 0.00910. The smallest absolute Gasteiger partial charge is 0.118 e. The molecule has 0 saturated heterocycles. The van der Waals surface area contributed by atoms with Crippen LogP contribution in [-0.2, 0) is 10.8 Å². The van der Waals surface area contributed by atoms with Gasteiger partial charge in [0.1, 0.15) is 23.0 Å². The lowest BCUT2D eigenvalue weighted by Gasteiger charge is -2.39. The first kappa shape index (κ1) is 30.0. The molecule has 0 amide bonds. The first-order valence-electron chi connectivity index (χ1n) is 14.6. The van der Waals surface area contributed by atoms with Crippen LogP contribution in [0.15, 0.2) is 72.8 Å². The zero-order chi connectivity index (χ0) is 29.9. The number of phenolic OH excluding ortho intramolecular Hbond substituents is 4. The van der Waals surface area contributed by atoms with Crippen LogP contribution in [0, 0.1) is 27.7 Å². The van der Waals surface area contributed by atoms with Gasteiger partial charge in [0.25, 0.3) is 0 Å². The van der Waals surface area contributed by atoms with Crippen LogP contribution in [0.1, 0.15) is 90.5 Å². The highest BCUT2D eigenvalue weighted by molar-refractivity contribution is 5.48. The highest BCUT2D eigenvalue weighted by Gasteiger charge is 2.36. The van der Waals surface area contributed by atoms with Crippen molar-refractivity contribution in [2.24, 2.45) is 0 Å². The van der Waals surface area contributed by atoms with Gasteiger partial charge in [0.15, 0.2) is 0 Å². The molecule has 5 rings (SSSR count). The van der Waals surface area contributed by atoms with Crippen LogP contribution in [0.3, 0.4) is 0 Å². The van der Waals surface area contributed by atoms with Crippen molar-refractivity contribution in [3.8, 4) is 23.0 Å². The Kier molecular flexibility index (Phi) is 8.72. The fraction of sp³-hybridized carbons (Fsp3) is 0.351. The summed E-state index contributed by atoms with van der Waals surface area (Å²) in [6, 6.07) is 23.4. The SMILES string of the molecule is Cc1cc(C(C)(C)c2ccc(O)c(C)c2)ccc1O.Cc1cc(C2(c3ccc(O)c(C)c3)CCCCC2)ccc1O. The van der Waals surface area contributed by atoms with Crippen LogP contribution in [0.4, 0.5) is 0 Å².